The molecular formula is C13H14ClN3O. The highest BCUT2D eigenvalue weighted by atomic mass is 35.5. The summed E-state index contributed by atoms with van der Waals surface area (Å²) in [5.74, 6) is 0.519. The summed E-state index contributed by atoms with van der Waals surface area (Å²) in [4.78, 5) is 11.7. The van der Waals surface area contributed by atoms with Crippen molar-refractivity contribution >= 4 is 23.3 Å². The van der Waals surface area contributed by atoms with Gasteiger partial charge < -0.3 is 5.32 Å². The maximum atomic E-state index is 11.7. The third-order valence-electron chi connectivity index (χ3n) is 2.53. The van der Waals surface area contributed by atoms with E-state index >= 15 is 0 Å². The summed E-state index contributed by atoms with van der Waals surface area (Å²) >= 11 is 5.79. The molecule has 2 rings (SSSR count). The Bertz CT molecular complexity index is 533. The molecule has 0 saturated carbocycles. The van der Waals surface area contributed by atoms with Crippen LogP contribution in [-0.4, -0.2) is 16.1 Å². The van der Waals surface area contributed by atoms with E-state index in [2.05, 4.69) is 15.5 Å². The van der Waals surface area contributed by atoms with Gasteiger partial charge in [-0.15, -0.1) is 0 Å². The monoisotopic (exact) mass is 263 g/mol. The molecule has 94 valence electrons. The Morgan fingerprint density at radius 3 is 2.72 bits per heavy atom. The van der Waals surface area contributed by atoms with Crippen molar-refractivity contribution in [3.05, 3.63) is 46.6 Å². The normalized spacial score (nSPS) is 10.3. The van der Waals surface area contributed by atoms with Crippen LogP contribution < -0.4 is 5.32 Å². The molecule has 0 aliphatic rings. The van der Waals surface area contributed by atoms with Crippen LogP contribution in [0, 0.1) is 6.92 Å². The number of hydrogen-bond acceptors (Lipinski definition) is 2. The predicted molar refractivity (Wildman–Crippen MR) is 71.7 cm³/mol. The van der Waals surface area contributed by atoms with E-state index in [0.717, 1.165) is 11.3 Å². The number of aryl methyl sites for hydroxylation is 2. The van der Waals surface area contributed by atoms with Gasteiger partial charge in [-0.05, 0) is 31.0 Å². The zero-order valence-corrected chi connectivity index (χ0v) is 10.8. The maximum absolute atomic E-state index is 11.7. The molecule has 2 N–H and O–H groups in total. The van der Waals surface area contributed by atoms with Crippen molar-refractivity contribution < 1.29 is 4.79 Å². The molecule has 0 atom stereocenters. The van der Waals surface area contributed by atoms with E-state index in [1.54, 1.807) is 6.07 Å². The van der Waals surface area contributed by atoms with Crippen molar-refractivity contribution in [1.29, 1.82) is 0 Å². The number of hydrogen-bond donors (Lipinski definition) is 2. The number of amides is 1. The molecule has 18 heavy (non-hydrogen) atoms. The molecule has 0 fully saturated rings. The molecule has 1 heterocycles. The van der Waals surface area contributed by atoms with Gasteiger partial charge in [0.2, 0.25) is 5.91 Å². The van der Waals surface area contributed by atoms with Gasteiger partial charge in [0.1, 0.15) is 0 Å². The van der Waals surface area contributed by atoms with Crippen LogP contribution in [0.1, 0.15) is 17.7 Å². The maximum Gasteiger partial charge on any atom is 0.225 e. The van der Waals surface area contributed by atoms with Crippen LogP contribution in [0.5, 0.6) is 0 Å². The number of carbonyl (C=O) groups is 1. The van der Waals surface area contributed by atoms with Gasteiger partial charge in [-0.2, -0.15) is 5.10 Å². The SMILES string of the molecule is Cc1cc(NC(=O)CCc2ccc(Cl)cc2)n[nH]1. The van der Waals surface area contributed by atoms with Gasteiger partial charge in [0.25, 0.3) is 0 Å². The van der Waals surface area contributed by atoms with Crippen molar-refractivity contribution in [2.45, 2.75) is 19.8 Å². The number of halogens is 1. The summed E-state index contributed by atoms with van der Waals surface area (Å²) in [6.07, 6.45) is 1.11. The highest BCUT2D eigenvalue weighted by Gasteiger charge is 2.05. The second kappa shape index (κ2) is 5.69. The first-order chi connectivity index (χ1) is 8.63. The summed E-state index contributed by atoms with van der Waals surface area (Å²) in [5.41, 5.74) is 2.01. The lowest BCUT2D eigenvalue weighted by molar-refractivity contribution is -0.116. The first-order valence-electron chi connectivity index (χ1n) is 5.70. The molecule has 0 aliphatic carbocycles. The number of rotatable bonds is 4. The number of aromatic nitrogens is 2. The summed E-state index contributed by atoms with van der Waals surface area (Å²) in [7, 11) is 0. The van der Waals surface area contributed by atoms with E-state index in [1.165, 1.54) is 0 Å². The molecular weight excluding hydrogens is 250 g/mol. The van der Waals surface area contributed by atoms with Crippen molar-refractivity contribution in [2.24, 2.45) is 0 Å². The number of carbonyl (C=O) groups excluding carboxylic acids is 1. The van der Waals surface area contributed by atoms with Crippen molar-refractivity contribution in [3.8, 4) is 0 Å². The van der Waals surface area contributed by atoms with E-state index < -0.39 is 0 Å². The second-order valence-electron chi connectivity index (χ2n) is 4.11. The lowest BCUT2D eigenvalue weighted by Gasteiger charge is -2.02. The van der Waals surface area contributed by atoms with Gasteiger partial charge >= 0.3 is 0 Å². The molecule has 0 aliphatic heterocycles. The fourth-order valence-electron chi connectivity index (χ4n) is 1.60. The van der Waals surface area contributed by atoms with E-state index in [1.807, 2.05) is 31.2 Å². The summed E-state index contributed by atoms with van der Waals surface area (Å²) < 4.78 is 0. The van der Waals surface area contributed by atoms with Crippen molar-refractivity contribution in [2.75, 3.05) is 5.32 Å². The van der Waals surface area contributed by atoms with Gasteiger partial charge in [0.15, 0.2) is 5.82 Å². The topological polar surface area (TPSA) is 57.8 Å². The quantitative estimate of drug-likeness (QED) is 0.891. The molecule has 0 radical (unpaired) electrons. The number of nitrogens with one attached hydrogen (secondary N) is 2. The molecule has 5 heteroatoms. The van der Waals surface area contributed by atoms with Crippen LogP contribution in [0.15, 0.2) is 30.3 Å². The Morgan fingerprint density at radius 1 is 1.39 bits per heavy atom. The minimum Gasteiger partial charge on any atom is -0.309 e. The minimum atomic E-state index is -0.0450. The average Bonchev–Trinajstić information content (AvgIpc) is 2.74. The van der Waals surface area contributed by atoms with Gasteiger partial charge in [-0.25, -0.2) is 0 Å². The lowest BCUT2D eigenvalue weighted by atomic mass is 10.1. The van der Waals surface area contributed by atoms with E-state index in [-0.39, 0.29) is 5.91 Å². The molecule has 2 aromatic rings. The van der Waals surface area contributed by atoms with Crippen LogP contribution in [0.3, 0.4) is 0 Å². The number of aromatic amines is 1. The molecule has 0 spiro atoms. The molecule has 4 nitrogen and oxygen atoms in total. The van der Waals surface area contributed by atoms with Crippen molar-refractivity contribution in [3.63, 3.8) is 0 Å². The molecule has 1 aromatic heterocycles. The highest BCUT2D eigenvalue weighted by Crippen LogP contribution is 2.11. The van der Waals surface area contributed by atoms with Crippen LogP contribution in [0.4, 0.5) is 5.82 Å². The average molecular weight is 264 g/mol. The molecule has 0 saturated heterocycles. The zero-order valence-electron chi connectivity index (χ0n) is 10.0. The van der Waals surface area contributed by atoms with Crippen LogP contribution in [0.2, 0.25) is 5.02 Å². The Hall–Kier alpha value is -1.81. The van der Waals surface area contributed by atoms with Crippen LogP contribution >= 0.6 is 11.6 Å². The first kappa shape index (κ1) is 12.6. The van der Waals surface area contributed by atoms with Gasteiger partial charge in [0.05, 0.1) is 0 Å². The standard InChI is InChI=1S/C13H14ClN3O/c1-9-8-12(17-16-9)15-13(18)7-4-10-2-5-11(14)6-3-10/h2-3,5-6,8H,4,7H2,1H3,(H2,15,16,17,18). The first-order valence-corrected chi connectivity index (χ1v) is 6.07. The summed E-state index contributed by atoms with van der Waals surface area (Å²) in [6.45, 7) is 1.89. The third kappa shape index (κ3) is 3.60. The Morgan fingerprint density at radius 2 is 2.11 bits per heavy atom. The van der Waals surface area contributed by atoms with E-state index in [4.69, 9.17) is 11.6 Å². The number of nitrogens with zero attached hydrogens (tertiary/aromatic N) is 1. The fourth-order valence-corrected chi connectivity index (χ4v) is 1.72. The van der Waals surface area contributed by atoms with Crippen LogP contribution in [-0.2, 0) is 11.2 Å². The van der Waals surface area contributed by atoms with Gasteiger partial charge in [-0.3, -0.25) is 9.89 Å². The molecule has 0 bridgehead atoms. The Kier molecular flexibility index (Phi) is 3.99. The molecule has 0 unspecified atom stereocenters. The summed E-state index contributed by atoms with van der Waals surface area (Å²) in [6, 6.07) is 9.29. The second-order valence-corrected chi connectivity index (χ2v) is 4.55. The molecule has 1 amide bonds. The Labute approximate surface area is 110 Å². The predicted octanol–water partition coefficient (Wildman–Crippen LogP) is 2.94. The molecule has 1 aromatic carbocycles. The fraction of sp³-hybridized carbons (Fsp3) is 0.231. The van der Waals surface area contributed by atoms with Gasteiger partial charge in [0, 0.05) is 23.2 Å². The third-order valence-corrected chi connectivity index (χ3v) is 2.78. The Balaban J connectivity index is 1.83. The van der Waals surface area contributed by atoms with Crippen LogP contribution in [0.25, 0.3) is 0 Å². The number of benzene rings is 1. The summed E-state index contributed by atoms with van der Waals surface area (Å²) in [5, 5.41) is 10.2. The van der Waals surface area contributed by atoms with E-state index in [0.29, 0.717) is 23.7 Å². The lowest BCUT2D eigenvalue weighted by Crippen LogP contribution is -2.12. The highest BCUT2D eigenvalue weighted by molar-refractivity contribution is 6.30. The van der Waals surface area contributed by atoms with Crippen molar-refractivity contribution in [1.82, 2.24) is 10.2 Å². The smallest absolute Gasteiger partial charge is 0.225 e. The van der Waals surface area contributed by atoms with E-state index in [9.17, 15) is 4.79 Å². The van der Waals surface area contributed by atoms with Gasteiger partial charge in [-0.1, -0.05) is 23.7 Å². The number of anilines is 1. The zero-order chi connectivity index (χ0) is 13.0. The minimum absolute atomic E-state index is 0.0450. The largest absolute Gasteiger partial charge is 0.309 e. The number of H-pyrrole nitrogens is 1.